The minimum absolute atomic E-state index is 0.0580. The monoisotopic (exact) mass is 455 g/mol. The zero-order valence-corrected chi connectivity index (χ0v) is 18.5. The number of nitrogens with one attached hydrogen (secondary N) is 2. The predicted octanol–water partition coefficient (Wildman–Crippen LogP) is 4.55. The maximum absolute atomic E-state index is 13.1. The summed E-state index contributed by atoms with van der Waals surface area (Å²) in [7, 11) is 0. The first kappa shape index (κ1) is 21.7. The molecule has 0 spiro atoms. The number of nitrogens with zero attached hydrogens (tertiary/aromatic N) is 1. The number of H-pyrrole nitrogens is 1. The molecule has 0 bridgehead atoms. The van der Waals surface area contributed by atoms with E-state index in [1.165, 1.54) is 4.90 Å². The minimum Gasteiger partial charge on any atom is -0.445 e. The van der Waals surface area contributed by atoms with Crippen molar-refractivity contribution in [3.8, 4) is 11.1 Å². The van der Waals surface area contributed by atoms with E-state index in [-0.39, 0.29) is 25.5 Å². The number of aromatic nitrogens is 1. The van der Waals surface area contributed by atoms with Crippen molar-refractivity contribution in [2.24, 2.45) is 0 Å². The molecule has 1 saturated heterocycles. The third kappa shape index (κ3) is 4.65. The highest BCUT2D eigenvalue weighted by molar-refractivity contribution is 5.97. The number of hydrogen-bond acceptors (Lipinski definition) is 4. The first-order valence-electron chi connectivity index (χ1n) is 11.2. The lowest BCUT2D eigenvalue weighted by Crippen LogP contribution is -2.43. The highest BCUT2D eigenvalue weighted by atomic mass is 16.6. The summed E-state index contributed by atoms with van der Waals surface area (Å²) in [5.41, 5.74) is 4.53. The number of carbonyl (C=O) groups excluding carboxylic acids is 2. The van der Waals surface area contributed by atoms with Crippen molar-refractivity contribution >= 4 is 28.6 Å². The van der Waals surface area contributed by atoms with Gasteiger partial charge in [0, 0.05) is 23.8 Å². The van der Waals surface area contributed by atoms with Crippen LogP contribution >= 0.6 is 0 Å². The number of β-amino-alcohol motifs (C(OH)–C–C–N with tert-alkyl or cyclic N) is 1. The number of aliphatic hydroxyl groups excluding tert-OH is 1. The summed E-state index contributed by atoms with van der Waals surface area (Å²) in [5, 5.41) is 14.2. The Morgan fingerprint density at radius 3 is 2.68 bits per heavy atom. The van der Waals surface area contributed by atoms with E-state index in [0.717, 1.165) is 27.6 Å². The lowest BCUT2D eigenvalue weighted by Gasteiger charge is -2.23. The summed E-state index contributed by atoms with van der Waals surface area (Å²) in [5.74, 6) is -0.355. The fraction of sp³-hybridized carbons (Fsp3) is 0.185. The Morgan fingerprint density at radius 1 is 1.00 bits per heavy atom. The first-order chi connectivity index (χ1) is 16.6. The molecule has 1 aliphatic rings. The first-order valence-corrected chi connectivity index (χ1v) is 11.2. The Balaban J connectivity index is 1.28. The van der Waals surface area contributed by atoms with Crippen molar-refractivity contribution in [2.75, 3.05) is 11.9 Å². The minimum atomic E-state index is -0.807. The van der Waals surface area contributed by atoms with E-state index in [0.29, 0.717) is 5.69 Å². The van der Waals surface area contributed by atoms with Gasteiger partial charge in [-0.15, -0.1) is 0 Å². The molecule has 3 aromatic carbocycles. The summed E-state index contributed by atoms with van der Waals surface area (Å²) in [6.07, 6.45) is 0.668. The zero-order chi connectivity index (χ0) is 23.5. The van der Waals surface area contributed by atoms with Crippen LogP contribution in [0, 0.1) is 0 Å². The molecule has 34 heavy (non-hydrogen) atoms. The van der Waals surface area contributed by atoms with E-state index in [4.69, 9.17) is 4.74 Å². The van der Waals surface area contributed by atoms with E-state index >= 15 is 0 Å². The molecular weight excluding hydrogens is 430 g/mol. The number of ether oxygens (including phenoxy) is 1. The van der Waals surface area contributed by atoms with E-state index in [1.54, 1.807) is 6.07 Å². The SMILES string of the molecule is O=C(Nc1cccc(-c2ccc3[nH]ccc3c2)c1)[C@@H]1CC(O)CN1C(=O)OCc1ccccc1. The molecule has 0 saturated carbocycles. The molecule has 172 valence electrons. The van der Waals surface area contributed by atoms with Crippen LogP contribution in [0.5, 0.6) is 0 Å². The van der Waals surface area contributed by atoms with Crippen LogP contribution in [0.15, 0.2) is 85.1 Å². The third-order valence-electron chi connectivity index (χ3n) is 6.04. The quantitative estimate of drug-likeness (QED) is 0.412. The number of aromatic amines is 1. The largest absolute Gasteiger partial charge is 0.445 e. The van der Waals surface area contributed by atoms with Gasteiger partial charge in [0.15, 0.2) is 0 Å². The van der Waals surface area contributed by atoms with Gasteiger partial charge in [0.2, 0.25) is 5.91 Å². The van der Waals surface area contributed by atoms with Gasteiger partial charge in [0.1, 0.15) is 12.6 Å². The Kier molecular flexibility index (Phi) is 6.01. The summed E-state index contributed by atoms with van der Waals surface area (Å²) in [4.78, 5) is 30.2. The standard InChI is InChI=1S/C27H25N3O4/c31-23-15-25(30(16-23)27(33)34-17-18-5-2-1-3-6-18)26(32)29-22-8-4-7-19(14-22)20-9-10-24-21(13-20)11-12-28-24/h1-14,23,25,28,31H,15-17H2,(H,29,32)/t23?,25-/m0/s1. The van der Waals surface area contributed by atoms with Crippen LogP contribution in [0.2, 0.25) is 0 Å². The molecule has 7 nitrogen and oxygen atoms in total. The molecule has 2 amide bonds. The van der Waals surface area contributed by atoms with E-state index < -0.39 is 18.2 Å². The highest BCUT2D eigenvalue weighted by Gasteiger charge is 2.40. The number of likely N-dealkylation sites (tertiary alicyclic amines) is 1. The number of amides is 2. The van der Waals surface area contributed by atoms with Gasteiger partial charge >= 0.3 is 6.09 Å². The second kappa shape index (κ2) is 9.41. The molecule has 2 heterocycles. The zero-order valence-electron chi connectivity index (χ0n) is 18.5. The van der Waals surface area contributed by atoms with Crippen LogP contribution in [0.3, 0.4) is 0 Å². The molecule has 7 heteroatoms. The van der Waals surface area contributed by atoms with Crippen molar-refractivity contribution in [3.63, 3.8) is 0 Å². The highest BCUT2D eigenvalue weighted by Crippen LogP contribution is 2.27. The van der Waals surface area contributed by atoms with Gasteiger partial charge in [0.05, 0.1) is 12.6 Å². The summed E-state index contributed by atoms with van der Waals surface area (Å²) >= 11 is 0. The number of anilines is 1. The second-order valence-corrected chi connectivity index (χ2v) is 8.45. The summed E-state index contributed by atoms with van der Waals surface area (Å²) in [6.45, 7) is 0.163. The number of rotatable bonds is 5. The van der Waals surface area contributed by atoms with Crippen LogP contribution in [0.4, 0.5) is 10.5 Å². The fourth-order valence-corrected chi connectivity index (χ4v) is 4.30. The average Bonchev–Trinajstić information content (AvgIpc) is 3.49. The molecule has 2 atom stereocenters. The van der Waals surface area contributed by atoms with E-state index in [2.05, 4.69) is 16.4 Å². The lowest BCUT2D eigenvalue weighted by molar-refractivity contribution is -0.120. The smallest absolute Gasteiger partial charge is 0.410 e. The Labute approximate surface area is 197 Å². The number of fused-ring (bicyclic) bond motifs is 1. The van der Waals surface area contributed by atoms with Crippen LogP contribution in [0.25, 0.3) is 22.0 Å². The van der Waals surface area contributed by atoms with Crippen molar-refractivity contribution in [1.29, 1.82) is 0 Å². The molecular formula is C27H25N3O4. The Bertz CT molecular complexity index is 1320. The van der Waals surface area contributed by atoms with Gasteiger partial charge in [-0.05, 0) is 52.4 Å². The van der Waals surface area contributed by atoms with Crippen LogP contribution < -0.4 is 5.32 Å². The van der Waals surface area contributed by atoms with Gasteiger partial charge < -0.3 is 20.1 Å². The van der Waals surface area contributed by atoms with E-state index in [9.17, 15) is 14.7 Å². The van der Waals surface area contributed by atoms with Crippen molar-refractivity contribution in [2.45, 2.75) is 25.2 Å². The molecule has 3 N–H and O–H groups in total. The summed E-state index contributed by atoms with van der Waals surface area (Å²) < 4.78 is 5.39. The molecule has 4 aromatic rings. The van der Waals surface area contributed by atoms with Gasteiger partial charge in [0.25, 0.3) is 0 Å². The van der Waals surface area contributed by atoms with Gasteiger partial charge in [-0.25, -0.2) is 4.79 Å². The van der Waals surface area contributed by atoms with Gasteiger partial charge in [-0.1, -0.05) is 48.5 Å². The van der Waals surface area contributed by atoms with Crippen molar-refractivity contribution in [3.05, 3.63) is 90.6 Å². The van der Waals surface area contributed by atoms with Crippen LogP contribution in [0.1, 0.15) is 12.0 Å². The van der Waals surface area contributed by atoms with Crippen LogP contribution in [-0.2, 0) is 16.1 Å². The maximum atomic E-state index is 13.1. The topological polar surface area (TPSA) is 94.7 Å². The Morgan fingerprint density at radius 2 is 1.82 bits per heavy atom. The maximum Gasteiger partial charge on any atom is 0.410 e. The molecule has 0 radical (unpaired) electrons. The van der Waals surface area contributed by atoms with Gasteiger partial charge in [-0.2, -0.15) is 0 Å². The molecule has 5 rings (SSSR count). The molecule has 1 fully saturated rings. The number of aliphatic hydroxyl groups is 1. The second-order valence-electron chi connectivity index (χ2n) is 8.45. The number of hydrogen-bond donors (Lipinski definition) is 3. The van der Waals surface area contributed by atoms with Crippen molar-refractivity contribution in [1.82, 2.24) is 9.88 Å². The number of benzene rings is 3. The summed E-state index contributed by atoms with van der Waals surface area (Å²) in [6, 6.07) is 24.2. The Hall–Kier alpha value is -4.10. The normalized spacial score (nSPS) is 17.6. The molecule has 0 aliphatic carbocycles. The van der Waals surface area contributed by atoms with Crippen molar-refractivity contribution < 1.29 is 19.4 Å². The van der Waals surface area contributed by atoms with E-state index in [1.807, 2.05) is 72.9 Å². The fourth-order valence-electron chi connectivity index (χ4n) is 4.30. The lowest BCUT2D eigenvalue weighted by atomic mass is 10.0. The predicted molar refractivity (Wildman–Crippen MR) is 130 cm³/mol. The molecule has 1 unspecified atom stereocenters. The van der Waals surface area contributed by atoms with Gasteiger partial charge in [-0.3, -0.25) is 9.69 Å². The van der Waals surface area contributed by atoms with Crippen LogP contribution in [-0.4, -0.2) is 45.7 Å². The number of carbonyl (C=O) groups is 2. The molecule has 1 aliphatic heterocycles. The molecule has 1 aromatic heterocycles. The average molecular weight is 456 g/mol. The third-order valence-corrected chi connectivity index (χ3v) is 6.04.